The number of carbonyl (C=O) groups is 1. The van der Waals surface area contributed by atoms with Crippen molar-refractivity contribution in [2.75, 3.05) is 28.6 Å². The molecule has 0 aliphatic carbocycles. The Morgan fingerprint density at radius 3 is 2.77 bits per heavy atom. The van der Waals surface area contributed by atoms with Crippen LogP contribution in [0.4, 0.5) is 17.2 Å². The topological polar surface area (TPSA) is 70.2 Å². The third-order valence-corrected chi connectivity index (χ3v) is 5.89. The van der Waals surface area contributed by atoms with E-state index in [1.165, 1.54) is 5.56 Å². The largest absolute Gasteiger partial charge is 0.377 e. The molecule has 3 aromatic rings. The number of amides is 1. The lowest BCUT2D eigenvalue weighted by Crippen LogP contribution is -2.41. The standard InChI is InChI=1S/C24H26ClN5O/c1-17(18-6-3-2-4-7-18)28-22-10-9-20(14-21(22)25)29-24(31)19-8-5-13-30(16-19)23-15-26-11-12-27-23/h2-4,6-7,9-12,14-15,17,19,28H,5,8,13,16H2,1H3,(H,29,31)/t17-,19+/m0/s1. The van der Waals surface area contributed by atoms with Crippen molar-refractivity contribution in [2.45, 2.75) is 25.8 Å². The highest BCUT2D eigenvalue weighted by molar-refractivity contribution is 6.33. The fourth-order valence-electron chi connectivity index (χ4n) is 3.87. The number of benzene rings is 2. The molecular formula is C24H26ClN5O. The third-order valence-electron chi connectivity index (χ3n) is 5.57. The average Bonchev–Trinajstić information content (AvgIpc) is 2.82. The van der Waals surface area contributed by atoms with Crippen molar-refractivity contribution in [1.29, 1.82) is 0 Å². The summed E-state index contributed by atoms with van der Waals surface area (Å²) in [5.41, 5.74) is 2.72. The van der Waals surface area contributed by atoms with Gasteiger partial charge in [-0.2, -0.15) is 0 Å². The fourth-order valence-corrected chi connectivity index (χ4v) is 4.10. The van der Waals surface area contributed by atoms with Crippen LogP contribution in [0.1, 0.15) is 31.4 Å². The molecule has 2 N–H and O–H groups in total. The van der Waals surface area contributed by atoms with Crippen molar-refractivity contribution in [3.05, 3.63) is 77.7 Å². The number of nitrogens with one attached hydrogen (secondary N) is 2. The smallest absolute Gasteiger partial charge is 0.229 e. The maximum atomic E-state index is 12.9. The Bertz CT molecular complexity index is 1010. The van der Waals surface area contributed by atoms with E-state index in [0.717, 1.165) is 30.9 Å². The van der Waals surface area contributed by atoms with Gasteiger partial charge in [0.15, 0.2) is 0 Å². The summed E-state index contributed by atoms with van der Waals surface area (Å²) >= 11 is 6.50. The molecule has 1 aromatic heterocycles. The van der Waals surface area contributed by atoms with Crippen LogP contribution < -0.4 is 15.5 Å². The zero-order valence-corrected chi connectivity index (χ0v) is 18.2. The molecule has 6 nitrogen and oxygen atoms in total. The number of hydrogen-bond acceptors (Lipinski definition) is 5. The minimum absolute atomic E-state index is 0.00280. The quantitative estimate of drug-likeness (QED) is 0.559. The molecule has 1 saturated heterocycles. The summed E-state index contributed by atoms with van der Waals surface area (Å²) in [6, 6.07) is 15.9. The van der Waals surface area contributed by atoms with Crippen LogP contribution in [0.3, 0.4) is 0 Å². The molecule has 0 bridgehead atoms. The Hall–Kier alpha value is -3.12. The Labute approximate surface area is 187 Å². The van der Waals surface area contributed by atoms with E-state index >= 15 is 0 Å². The van der Waals surface area contributed by atoms with Gasteiger partial charge in [0.2, 0.25) is 5.91 Å². The molecule has 2 heterocycles. The molecule has 1 aliphatic rings. The van der Waals surface area contributed by atoms with E-state index in [0.29, 0.717) is 17.3 Å². The van der Waals surface area contributed by atoms with Crippen LogP contribution in [0.25, 0.3) is 0 Å². The van der Waals surface area contributed by atoms with Gasteiger partial charge in [-0.1, -0.05) is 41.9 Å². The van der Waals surface area contributed by atoms with Gasteiger partial charge in [-0.25, -0.2) is 4.98 Å². The summed E-state index contributed by atoms with van der Waals surface area (Å²) in [7, 11) is 0. The Kier molecular flexibility index (Phi) is 6.67. The summed E-state index contributed by atoms with van der Waals surface area (Å²) in [5, 5.41) is 7.03. The summed E-state index contributed by atoms with van der Waals surface area (Å²) in [5.74, 6) is 0.708. The van der Waals surface area contributed by atoms with Crippen molar-refractivity contribution < 1.29 is 4.79 Å². The molecule has 0 spiro atoms. The minimum Gasteiger partial charge on any atom is -0.377 e. The number of aromatic nitrogens is 2. The predicted molar refractivity (Wildman–Crippen MR) is 126 cm³/mol. The van der Waals surface area contributed by atoms with Crippen molar-refractivity contribution >= 4 is 34.7 Å². The Balaban J connectivity index is 1.38. The molecule has 1 aliphatic heterocycles. The van der Waals surface area contributed by atoms with Crippen LogP contribution in [0.15, 0.2) is 67.1 Å². The summed E-state index contributed by atoms with van der Waals surface area (Å²) in [6.07, 6.45) is 6.86. The number of carbonyl (C=O) groups excluding carboxylic acids is 1. The number of anilines is 3. The first kappa shape index (κ1) is 21.1. The summed E-state index contributed by atoms with van der Waals surface area (Å²) in [4.78, 5) is 23.5. The second kappa shape index (κ2) is 9.79. The molecule has 4 rings (SSSR count). The molecule has 2 aromatic carbocycles. The average molecular weight is 436 g/mol. The monoisotopic (exact) mass is 435 g/mol. The molecule has 31 heavy (non-hydrogen) atoms. The molecule has 0 radical (unpaired) electrons. The summed E-state index contributed by atoms with van der Waals surface area (Å²) in [6.45, 7) is 3.61. The van der Waals surface area contributed by atoms with Crippen molar-refractivity contribution in [3.63, 3.8) is 0 Å². The zero-order valence-electron chi connectivity index (χ0n) is 17.5. The molecular weight excluding hydrogens is 410 g/mol. The molecule has 1 amide bonds. The number of nitrogens with zero attached hydrogens (tertiary/aromatic N) is 3. The highest BCUT2D eigenvalue weighted by atomic mass is 35.5. The number of hydrogen-bond donors (Lipinski definition) is 2. The van der Waals surface area contributed by atoms with E-state index in [2.05, 4.69) is 44.6 Å². The first-order valence-corrected chi connectivity index (χ1v) is 10.9. The van der Waals surface area contributed by atoms with Crippen LogP contribution in [-0.4, -0.2) is 29.0 Å². The van der Waals surface area contributed by atoms with Gasteiger partial charge >= 0.3 is 0 Å². The van der Waals surface area contributed by atoms with E-state index < -0.39 is 0 Å². The van der Waals surface area contributed by atoms with Crippen molar-refractivity contribution in [1.82, 2.24) is 9.97 Å². The van der Waals surface area contributed by atoms with E-state index in [1.54, 1.807) is 24.7 Å². The van der Waals surface area contributed by atoms with Gasteiger partial charge in [0.05, 0.1) is 22.8 Å². The third kappa shape index (κ3) is 5.33. The van der Waals surface area contributed by atoms with Crippen molar-refractivity contribution in [2.24, 2.45) is 5.92 Å². The van der Waals surface area contributed by atoms with E-state index in [1.807, 2.05) is 30.3 Å². The van der Waals surface area contributed by atoms with Gasteiger partial charge in [0.1, 0.15) is 5.82 Å². The molecule has 2 atom stereocenters. The van der Waals surface area contributed by atoms with E-state index in [-0.39, 0.29) is 17.9 Å². The van der Waals surface area contributed by atoms with Crippen LogP contribution >= 0.6 is 11.6 Å². The second-order valence-electron chi connectivity index (χ2n) is 7.81. The van der Waals surface area contributed by atoms with Crippen LogP contribution in [-0.2, 0) is 4.79 Å². The van der Waals surface area contributed by atoms with E-state index in [4.69, 9.17) is 11.6 Å². The lowest BCUT2D eigenvalue weighted by molar-refractivity contribution is -0.120. The number of halogens is 1. The predicted octanol–water partition coefficient (Wildman–Crippen LogP) is 5.16. The fraction of sp³-hybridized carbons (Fsp3) is 0.292. The van der Waals surface area contributed by atoms with Gasteiger partial charge in [-0.3, -0.25) is 9.78 Å². The van der Waals surface area contributed by atoms with Gasteiger partial charge in [0, 0.05) is 37.2 Å². The van der Waals surface area contributed by atoms with Gasteiger partial charge in [-0.05, 0) is 43.5 Å². The van der Waals surface area contributed by atoms with Crippen LogP contribution in [0.2, 0.25) is 5.02 Å². The molecule has 7 heteroatoms. The van der Waals surface area contributed by atoms with Gasteiger partial charge in [-0.15, -0.1) is 0 Å². The van der Waals surface area contributed by atoms with Crippen LogP contribution in [0.5, 0.6) is 0 Å². The zero-order chi connectivity index (χ0) is 21.6. The maximum Gasteiger partial charge on any atom is 0.229 e. The maximum absolute atomic E-state index is 12.9. The Morgan fingerprint density at radius 1 is 1.19 bits per heavy atom. The number of rotatable bonds is 6. The second-order valence-corrected chi connectivity index (χ2v) is 8.22. The highest BCUT2D eigenvalue weighted by Gasteiger charge is 2.26. The Morgan fingerprint density at radius 2 is 2.03 bits per heavy atom. The van der Waals surface area contributed by atoms with Crippen LogP contribution in [0, 0.1) is 5.92 Å². The molecule has 1 fully saturated rings. The first-order chi connectivity index (χ1) is 15.1. The van der Waals surface area contributed by atoms with E-state index in [9.17, 15) is 4.79 Å². The lowest BCUT2D eigenvalue weighted by Gasteiger charge is -2.32. The summed E-state index contributed by atoms with van der Waals surface area (Å²) < 4.78 is 0. The lowest BCUT2D eigenvalue weighted by atomic mass is 9.97. The van der Waals surface area contributed by atoms with Gasteiger partial charge in [0.25, 0.3) is 0 Å². The highest BCUT2D eigenvalue weighted by Crippen LogP contribution is 2.30. The minimum atomic E-state index is -0.106. The van der Waals surface area contributed by atoms with Gasteiger partial charge < -0.3 is 15.5 Å². The SMILES string of the molecule is C[C@H](Nc1ccc(NC(=O)[C@@H]2CCCN(c3cnccn3)C2)cc1Cl)c1ccccc1. The normalized spacial score (nSPS) is 17.1. The first-order valence-electron chi connectivity index (χ1n) is 10.5. The molecule has 0 saturated carbocycles. The molecule has 160 valence electrons. The number of piperidine rings is 1. The van der Waals surface area contributed by atoms with Crippen molar-refractivity contribution in [3.8, 4) is 0 Å². The molecule has 0 unspecified atom stereocenters.